The smallest absolute Gasteiger partial charge is 0.394 e. The Labute approximate surface area is 160 Å². The number of benzene rings is 2. The second-order valence-electron chi connectivity index (χ2n) is 5.15. The van der Waals surface area contributed by atoms with E-state index in [0.29, 0.717) is 11.0 Å². The predicted molar refractivity (Wildman–Crippen MR) is 105 cm³/mol. The van der Waals surface area contributed by atoms with E-state index in [1.807, 2.05) is 36.4 Å². The van der Waals surface area contributed by atoms with Gasteiger partial charge in [0.15, 0.2) is 0 Å². The molecule has 2 heterocycles. The number of aromatic nitrogens is 2. The van der Waals surface area contributed by atoms with Crippen LogP contribution in [0.4, 0.5) is 0 Å². The number of hydrogen-bond donors (Lipinski definition) is 4. The molecule has 0 radical (unpaired) electrons. The largest absolute Gasteiger partial charge is 0.506 e. The highest BCUT2D eigenvalue weighted by atomic mass is 32.3. The van der Waals surface area contributed by atoms with Crippen LogP contribution in [0, 0.1) is 0 Å². The highest BCUT2D eigenvalue weighted by molar-refractivity contribution is 7.79. The van der Waals surface area contributed by atoms with E-state index >= 15 is 0 Å². The average Bonchev–Trinajstić information content (AvgIpc) is 2.62. The number of phenols is 2. The zero-order valence-corrected chi connectivity index (χ0v) is 15.2. The van der Waals surface area contributed by atoms with Crippen LogP contribution in [0.25, 0.3) is 21.8 Å². The molecule has 4 rings (SSSR count). The molecule has 0 bridgehead atoms. The van der Waals surface area contributed by atoms with E-state index in [-0.39, 0.29) is 17.0 Å². The Bertz CT molecular complexity index is 1050. The van der Waals surface area contributed by atoms with Gasteiger partial charge in [0.2, 0.25) is 0 Å². The van der Waals surface area contributed by atoms with Crippen LogP contribution < -0.4 is 0 Å². The van der Waals surface area contributed by atoms with Crippen LogP contribution >= 0.6 is 0 Å². The third-order valence-electron chi connectivity index (χ3n) is 3.22. The predicted octanol–water partition coefficient (Wildman–Crippen LogP) is 2.40. The zero-order chi connectivity index (χ0) is 19.9. The van der Waals surface area contributed by atoms with Gasteiger partial charge >= 0.3 is 10.4 Å². The van der Waals surface area contributed by atoms with Gasteiger partial charge in [0.25, 0.3) is 0 Å². The Balaban J connectivity index is 0.000000222. The fourth-order valence-electron chi connectivity index (χ4n) is 2.18. The van der Waals surface area contributed by atoms with E-state index in [1.54, 1.807) is 36.7 Å². The highest BCUT2D eigenvalue weighted by Gasteiger charge is 1.97. The van der Waals surface area contributed by atoms with Crippen molar-refractivity contribution in [2.24, 2.45) is 0 Å². The molecule has 0 atom stereocenters. The summed E-state index contributed by atoms with van der Waals surface area (Å²) in [5.74, 6) is 0.478. The van der Waals surface area contributed by atoms with Gasteiger partial charge in [-0.2, -0.15) is 8.42 Å². The minimum atomic E-state index is -4.67. The van der Waals surface area contributed by atoms with Gasteiger partial charge in [-0.1, -0.05) is 36.4 Å². The lowest BCUT2D eigenvalue weighted by Crippen LogP contribution is -1.89. The van der Waals surface area contributed by atoms with Gasteiger partial charge in [-0.25, -0.2) is 0 Å². The number of nitrogens with zero attached hydrogens (tertiary/aromatic N) is 2. The topological polar surface area (TPSA) is 172 Å². The van der Waals surface area contributed by atoms with Crippen molar-refractivity contribution in [3.63, 3.8) is 0 Å². The summed E-state index contributed by atoms with van der Waals surface area (Å²) in [5.41, 5.74) is 1.32. The molecular formula is C18H18N2O7S. The summed E-state index contributed by atoms with van der Waals surface area (Å²) in [6.07, 6.45) is 3.34. The molecule has 148 valence electrons. The third-order valence-corrected chi connectivity index (χ3v) is 3.22. The number of hydrogen-bond acceptors (Lipinski definition) is 6. The monoisotopic (exact) mass is 406 g/mol. The summed E-state index contributed by atoms with van der Waals surface area (Å²) in [6, 6.07) is 18.3. The molecule has 9 nitrogen and oxygen atoms in total. The molecule has 0 fully saturated rings. The Morgan fingerprint density at radius 2 is 0.964 bits per heavy atom. The van der Waals surface area contributed by atoms with Gasteiger partial charge in [-0.05, 0) is 24.3 Å². The van der Waals surface area contributed by atoms with Gasteiger partial charge in [-0.15, -0.1) is 0 Å². The molecule has 0 saturated carbocycles. The standard InChI is InChI=1S/2C9H7NO.H2O4S.H2O/c2*11-8-5-1-3-7-4-2-6-10-9(7)8;1-5(2,3)4;/h2*1-6,11H;(H2,1,2,3,4);1H2. The van der Waals surface area contributed by atoms with Crippen molar-refractivity contribution in [2.75, 3.05) is 0 Å². The Morgan fingerprint density at radius 1 is 0.643 bits per heavy atom. The quantitative estimate of drug-likeness (QED) is 0.322. The van der Waals surface area contributed by atoms with Gasteiger partial charge < -0.3 is 15.7 Å². The van der Waals surface area contributed by atoms with Crippen LogP contribution in [0.5, 0.6) is 11.5 Å². The van der Waals surface area contributed by atoms with Crippen molar-refractivity contribution in [3.8, 4) is 11.5 Å². The fourth-order valence-corrected chi connectivity index (χ4v) is 2.18. The molecule has 0 aliphatic heterocycles. The molecule has 0 spiro atoms. The van der Waals surface area contributed by atoms with Crippen LogP contribution in [0.3, 0.4) is 0 Å². The second-order valence-corrected chi connectivity index (χ2v) is 6.05. The van der Waals surface area contributed by atoms with E-state index < -0.39 is 10.4 Å². The molecule has 0 amide bonds. The van der Waals surface area contributed by atoms with Crippen molar-refractivity contribution in [2.45, 2.75) is 0 Å². The maximum absolute atomic E-state index is 9.31. The molecule has 0 aliphatic rings. The van der Waals surface area contributed by atoms with Crippen LogP contribution in [0.15, 0.2) is 73.1 Å². The Kier molecular flexibility index (Phi) is 8.23. The van der Waals surface area contributed by atoms with E-state index in [2.05, 4.69) is 9.97 Å². The number of aromatic hydroxyl groups is 2. The molecular weight excluding hydrogens is 388 g/mol. The first kappa shape index (κ1) is 22.7. The van der Waals surface area contributed by atoms with Crippen molar-refractivity contribution in [3.05, 3.63) is 73.1 Å². The SMILES string of the molecule is O.O=S(=O)(O)O.Oc1cccc2cccnc12.Oc1cccc2cccnc12. The minimum absolute atomic E-state index is 0. The number of pyridine rings is 2. The molecule has 4 aromatic rings. The molecule has 2 aromatic carbocycles. The van der Waals surface area contributed by atoms with Crippen LogP contribution in [-0.4, -0.2) is 43.2 Å². The maximum atomic E-state index is 9.31. The summed E-state index contributed by atoms with van der Waals surface area (Å²) in [6.45, 7) is 0. The summed E-state index contributed by atoms with van der Waals surface area (Å²) in [5, 5.41) is 20.5. The molecule has 0 aliphatic carbocycles. The summed E-state index contributed by atoms with van der Waals surface area (Å²) < 4.78 is 31.6. The first-order chi connectivity index (χ1) is 12.8. The van der Waals surface area contributed by atoms with Crippen LogP contribution in [-0.2, 0) is 10.4 Å². The minimum Gasteiger partial charge on any atom is -0.506 e. The molecule has 2 aromatic heterocycles. The van der Waals surface area contributed by atoms with Gasteiger partial charge in [0, 0.05) is 23.2 Å². The molecule has 6 N–H and O–H groups in total. The van der Waals surface area contributed by atoms with Crippen molar-refractivity contribution < 1.29 is 33.2 Å². The van der Waals surface area contributed by atoms with E-state index in [4.69, 9.17) is 17.5 Å². The Morgan fingerprint density at radius 3 is 1.29 bits per heavy atom. The van der Waals surface area contributed by atoms with Gasteiger partial charge in [0.05, 0.1) is 0 Å². The highest BCUT2D eigenvalue weighted by Crippen LogP contribution is 2.21. The van der Waals surface area contributed by atoms with Crippen LogP contribution in [0.1, 0.15) is 0 Å². The third kappa shape index (κ3) is 7.13. The molecule has 28 heavy (non-hydrogen) atoms. The maximum Gasteiger partial charge on any atom is 0.394 e. The number of phenolic OH excluding ortho intramolecular Hbond substituents is 2. The molecule has 0 saturated heterocycles. The average molecular weight is 406 g/mol. The Hall–Kier alpha value is -3.31. The van der Waals surface area contributed by atoms with Crippen molar-refractivity contribution in [1.29, 1.82) is 0 Å². The number of para-hydroxylation sites is 2. The number of rotatable bonds is 0. The normalized spacial score (nSPS) is 10.1. The van der Waals surface area contributed by atoms with E-state index in [1.165, 1.54) is 0 Å². The van der Waals surface area contributed by atoms with Gasteiger partial charge in [-0.3, -0.25) is 19.1 Å². The molecule has 10 heteroatoms. The van der Waals surface area contributed by atoms with Crippen LogP contribution in [0.2, 0.25) is 0 Å². The van der Waals surface area contributed by atoms with Crippen molar-refractivity contribution >= 4 is 32.2 Å². The van der Waals surface area contributed by atoms with E-state index in [9.17, 15) is 10.2 Å². The lowest BCUT2D eigenvalue weighted by atomic mass is 10.2. The number of fused-ring (bicyclic) bond motifs is 2. The van der Waals surface area contributed by atoms with E-state index in [0.717, 1.165) is 10.8 Å². The van der Waals surface area contributed by atoms with Gasteiger partial charge in [0.1, 0.15) is 22.5 Å². The summed E-state index contributed by atoms with van der Waals surface area (Å²) in [7, 11) is -4.67. The zero-order valence-electron chi connectivity index (χ0n) is 14.3. The lowest BCUT2D eigenvalue weighted by molar-refractivity contribution is 0.381. The lowest BCUT2D eigenvalue weighted by Gasteiger charge is -1.96. The summed E-state index contributed by atoms with van der Waals surface area (Å²) in [4.78, 5) is 8.06. The first-order valence-electron chi connectivity index (χ1n) is 7.51. The molecule has 0 unspecified atom stereocenters. The first-order valence-corrected chi connectivity index (χ1v) is 8.90. The summed E-state index contributed by atoms with van der Waals surface area (Å²) >= 11 is 0. The second kappa shape index (κ2) is 10.1. The van der Waals surface area contributed by atoms with Crippen molar-refractivity contribution in [1.82, 2.24) is 9.97 Å². The fraction of sp³-hybridized carbons (Fsp3) is 0.